The SMILES string of the molecule is CCCCC(=O)c1cc2nc(-n3cc(-c4cccc(C)c4)cn3)nc(N3CCOCC3)c2o1. The van der Waals surface area contributed by atoms with Gasteiger partial charge in [-0.1, -0.05) is 43.2 Å². The Morgan fingerprint density at radius 3 is 2.76 bits per heavy atom. The molecule has 0 radical (unpaired) electrons. The molecule has 5 rings (SSSR count). The summed E-state index contributed by atoms with van der Waals surface area (Å²) in [5.74, 6) is 1.43. The zero-order chi connectivity index (χ0) is 22.8. The van der Waals surface area contributed by atoms with Crippen LogP contribution in [-0.2, 0) is 4.74 Å². The fourth-order valence-corrected chi connectivity index (χ4v) is 4.00. The standard InChI is InChI=1S/C25H27N5O3/c1-3-4-8-21(31)22-14-20-23(33-22)24(29-9-11-32-12-10-29)28-25(27-20)30-16-19(15-26-30)18-7-5-6-17(2)13-18/h5-7,13-16H,3-4,8-12H2,1-2H3. The Morgan fingerprint density at radius 2 is 1.97 bits per heavy atom. The van der Waals surface area contributed by atoms with Crippen molar-refractivity contribution in [2.45, 2.75) is 33.1 Å². The lowest BCUT2D eigenvalue weighted by Gasteiger charge is -2.27. The lowest BCUT2D eigenvalue weighted by Crippen LogP contribution is -2.37. The van der Waals surface area contributed by atoms with Gasteiger partial charge in [0.25, 0.3) is 5.95 Å². The smallest absolute Gasteiger partial charge is 0.253 e. The molecule has 3 aromatic heterocycles. The molecule has 0 atom stereocenters. The van der Waals surface area contributed by atoms with Crippen molar-refractivity contribution in [1.29, 1.82) is 0 Å². The van der Waals surface area contributed by atoms with Gasteiger partial charge < -0.3 is 14.1 Å². The molecule has 1 aliphatic rings. The van der Waals surface area contributed by atoms with Crippen molar-refractivity contribution in [1.82, 2.24) is 19.7 Å². The summed E-state index contributed by atoms with van der Waals surface area (Å²) in [4.78, 5) is 24.2. The highest BCUT2D eigenvalue weighted by Crippen LogP contribution is 2.30. The summed E-state index contributed by atoms with van der Waals surface area (Å²) >= 11 is 0. The molecule has 1 aliphatic heterocycles. The van der Waals surface area contributed by atoms with E-state index in [-0.39, 0.29) is 5.78 Å². The number of Topliss-reactive ketones (excluding diaryl/α,β-unsaturated/α-hetero) is 1. The zero-order valence-corrected chi connectivity index (χ0v) is 19.0. The number of ether oxygens (including phenoxy) is 1. The number of aromatic nitrogens is 4. The number of hydrogen-bond donors (Lipinski definition) is 0. The first kappa shape index (κ1) is 21.3. The summed E-state index contributed by atoms with van der Waals surface area (Å²) in [6.45, 7) is 6.75. The summed E-state index contributed by atoms with van der Waals surface area (Å²) in [5.41, 5.74) is 4.40. The van der Waals surface area contributed by atoms with Gasteiger partial charge in [0, 0.05) is 37.3 Å². The number of ketones is 1. The first-order valence-corrected chi connectivity index (χ1v) is 11.4. The van der Waals surface area contributed by atoms with Crippen LogP contribution in [0, 0.1) is 6.92 Å². The van der Waals surface area contributed by atoms with E-state index < -0.39 is 0 Å². The van der Waals surface area contributed by atoms with Crippen molar-refractivity contribution < 1.29 is 13.9 Å². The number of fused-ring (bicyclic) bond motifs is 1. The molecule has 0 amide bonds. The van der Waals surface area contributed by atoms with Crippen LogP contribution in [0.2, 0.25) is 0 Å². The molecule has 33 heavy (non-hydrogen) atoms. The number of morpholine rings is 1. The maximum absolute atomic E-state index is 12.6. The molecule has 0 saturated carbocycles. The minimum atomic E-state index is -0.00912. The number of benzene rings is 1. The van der Waals surface area contributed by atoms with Crippen LogP contribution >= 0.6 is 0 Å². The number of aryl methyl sites for hydroxylation is 1. The second-order valence-electron chi connectivity index (χ2n) is 8.34. The first-order chi connectivity index (χ1) is 16.1. The summed E-state index contributed by atoms with van der Waals surface area (Å²) in [5, 5.41) is 4.52. The van der Waals surface area contributed by atoms with Crippen LogP contribution < -0.4 is 4.90 Å². The predicted molar refractivity (Wildman–Crippen MR) is 126 cm³/mol. The first-order valence-electron chi connectivity index (χ1n) is 11.4. The van der Waals surface area contributed by atoms with E-state index in [0.29, 0.717) is 61.4 Å². The second-order valence-corrected chi connectivity index (χ2v) is 8.34. The average Bonchev–Trinajstić information content (AvgIpc) is 3.50. The van der Waals surface area contributed by atoms with Crippen LogP contribution in [0.15, 0.2) is 47.1 Å². The van der Waals surface area contributed by atoms with Gasteiger partial charge in [-0.25, -0.2) is 9.67 Å². The van der Waals surface area contributed by atoms with E-state index in [9.17, 15) is 4.79 Å². The van der Waals surface area contributed by atoms with E-state index in [1.165, 1.54) is 5.56 Å². The minimum Gasteiger partial charge on any atom is -0.447 e. The summed E-state index contributed by atoms with van der Waals surface area (Å²) in [7, 11) is 0. The van der Waals surface area contributed by atoms with Gasteiger partial charge in [0.05, 0.1) is 19.4 Å². The lowest BCUT2D eigenvalue weighted by molar-refractivity contribution is 0.0955. The van der Waals surface area contributed by atoms with Crippen molar-refractivity contribution in [3.8, 4) is 17.1 Å². The topological polar surface area (TPSA) is 86.3 Å². The van der Waals surface area contributed by atoms with E-state index >= 15 is 0 Å². The molecule has 0 bridgehead atoms. The third kappa shape index (κ3) is 4.39. The van der Waals surface area contributed by atoms with Crippen LogP contribution in [0.4, 0.5) is 5.82 Å². The van der Waals surface area contributed by atoms with E-state index in [1.54, 1.807) is 10.7 Å². The van der Waals surface area contributed by atoms with Gasteiger partial charge >= 0.3 is 0 Å². The number of carbonyl (C=O) groups is 1. The molecule has 0 N–H and O–H groups in total. The molecule has 0 aliphatic carbocycles. The Hall–Kier alpha value is -3.52. The van der Waals surface area contributed by atoms with Crippen LogP contribution in [0.5, 0.6) is 0 Å². The summed E-state index contributed by atoms with van der Waals surface area (Å²) < 4.78 is 13.2. The van der Waals surface area contributed by atoms with Crippen LogP contribution in [0.25, 0.3) is 28.2 Å². The third-order valence-electron chi connectivity index (χ3n) is 5.82. The molecule has 1 fully saturated rings. The van der Waals surface area contributed by atoms with Gasteiger partial charge in [-0.15, -0.1) is 0 Å². The highest BCUT2D eigenvalue weighted by molar-refractivity contribution is 5.98. The van der Waals surface area contributed by atoms with Crippen molar-refractivity contribution in [2.24, 2.45) is 0 Å². The quantitative estimate of drug-likeness (QED) is 0.385. The number of hydrogen-bond acceptors (Lipinski definition) is 7. The van der Waals surface area contributed by atoms with Gasteiger partial charge in [0.1, 0.15) is 5.52 Å². The normalized spacial score (nSPS) is 14.2. The predicted octanol–water partition coefficient (Wildman–Crippen LogP) is 4.59. The van der Waals surface area contributed by atoms with E-state index in [0.717, 1.165) is 24.0 Å². The maximum Gasteiger partial charge on any atom is 0.253 e. The molecule has 1 saturated heterocycles. The van der Waals surface area contributed by atoms with Crippen molar-refractivity contribution in [2.75, 3.05) is 31.2 Å². The number of nitrogens with zero attached hydrogens (tertiary/aromatic N) is 5. The fourth-order valence-electron chi connectivity index (χ4n) is 4.00. The molecule has 1 aromatic carbocycles. The van der Waals surface area contributed by atoms with Crippen LogP contribution in [0.1, 0.15) is 42.3 Å². The lowest BCUT2D eigenvalue weighted by atomic mass is 10.1. The third-order valence-corrected chi connectivity index (χ3v) is 5.82. The maximum atomic E-state index is 12.6. The van der Waals surface area contributed by atoms with Crippen LogP contribution in [-0.4, -0.2) is 51.8 Å². The number of rotatable bonds is 7. The Bertz CT molecular complexity index is 1290. The average molecular weight is 446 g/mol. The van der Waals surface area contributed by atoms with Crippen molar-refractivity contribution in [3.63, 3.8) is 0 Å². The van der Waals surface area contributed by atoms with E-state index in [2.05, 4.69) is 42.0 Å². The highest BCUT2D eigenvalue weighted by atomic mass is 16.5. The molecule has 4 aromatic rings. The fraction of sp³-hybridized carbons (Fsp3) is 0.360. The number of furan rings is 1. The monoisotopic (exact) mass is 445 g/mol. The Balaban J connectivity index is 1.57. The van der Waals surface area contributed by atoms with Gasteiger partial charge in [-0.2, -0.15) is 10.1 Å². The number of anilines is 1. The molecule has 0 spiro atoms. The second kappa shape index (κ2) is 9.15. The largest absolute Gasteiger partial charge is 0.447 e. The molecule has 8 nitrogen and oxygen atoms in total. The Morgan fingerprint density at radius 1 is 1.12 bits per heavy atom. The van der Waals surface area contributed by atoms with Crippen LogP contribution in [0.3, 0.4) is 0 Å². The molecular weight excluding hydrogens is 418 g/mol. The van der Waals surface area contributed by atoms with E-state index in [1.807, 2.05) is 18.5 Å². The molecule has 8 heteroatoms. The summed E-state index contributed by atoms with van der Waals surface area (Å²) in [6, 6.07) is 10.0. The van der Waals surface area contributed by atoms with Gasteiger partial charge in [0.2, 0.25) is 0 Å². The zero-order valence-electron chi connectivity index (χ0n) is 19.0. The Labute approximate surface area is 192 Å². The highest BCUT2D eigenvalue weighted by Gasteiger charge is 2.23. The van der Waals surface area contributed by atoms with E-state index in [4.69, 9.17) is 19.1 Å². The number of carbonyl (C=O) groups excluding carboxylic acids is 1. The van der Waals surface area contributed by atoms with Crippen molar-refractivity contribution >= 4 is 22.7 Å². The minimum absolute atomic E-state index is 0.00912. The Kier molecular flexibility index (Phi) is 5.92. The number of unbranched alkanes of at least 4 members (excludes halogenated alkanes) is 1. The van der Waals surface area contributed by atoms with Gasteiger partial charge in [0.15, 0.2) is 22.9 Å². The van der Waals surface area contributed by atoms with Crippen molar-refractivity contribution in [3.05, 3.63) is 54.0 Å². The summed E-state index contributed by atoms with van der Waals surface area (Å²) in [6.07, 6.45) is 5.98. The van der Waals surface area contributed by atoms with Gasteiger partial charge in [-0.05, 0) is 18.9 Å². The molecule has 4 heterocycles. The molecular formula is C25H27N5O3. The molecule has 0 unspecified atom stereocenters. The van der Waals surface area contributed by atoms with Gasteiger partial charge in [-0.3, -0.25) is 4.79 Å². The molecule has 170 valence electrons.